The van der Waals surface area contributed by atoms with Crippen molar-refractivity contribution in [2.75, 3.05) is 13.1 Å². The zero-order valence-electron chi connectivity index (χ0n) is 19.5. The minimum Gasteiger partial charge on any atom is -0.776 e. The van der Waals surface area contributed by atoms with E-state index in [1.165, 1.54) is 0 Å². The Morgan fingerprint density at radius 3 is 0.943 bits per heavy atom. The predicted octanol–water partition coefficient (Wildman–Crippen LogP) is -9.07. The largest absolute Gasteiger partial charge is 1.00 e. The second-order valence-electron chi connectivity index (χ2n) is 6.88. The fourth-order valence-electron chi connectivity index (χ4n) is 2.27. The van der Waals surface area contributed by atoms with E-state index in [1.807, 2.05) is 0 Å². The van der Waals surface area contributed by atoms with Crippen LogP contribution in [0.25, 0.3) is 0 Å². The maximum atomic E-state index is 10.9. The molecule has 0 saturated heterocycles. The normalized spacial score (nSPS) is 18.4. The van der Waals surface area contributed by atoms with Crippen LogP contribution < -0.4 is 80.4 Å². The van der Waals surface area contributed by atoms with E-state index in [2.05, 4.69) is 0 Å². The molecular weight excluding hydrogens is 582 g/mol. The molecule has 17 nitrogen and oxygen atoms in total. The van der Waals surface area contributed by atoms with Crippen LogP contribution in [-0.4, -0.2) is 68.3 Å². The van der Waals surface area contributed by atoms with E-state index in [9.17, 15) is 38.3 Å². The Morgan fingerprint density at radius 1 is 0.571 bits per heavy atom. The van der Waals surface area contributed by atoms with Crippen molar-refractivity contribution in [3.63, 3.8) is 0 Å². The molecule has 0 bridgehead atoms. The zero-order valence-corrected chi connectivity index (χ0v) is 27.1. The Kier molecular flexibility index (Phi) is 26.3. The Labute approximate surface area is 247 Å². The van der Waals surface area contributed by atoms with E-state index in [4.69, 9.17) is 40.8 Å². The second-order valence-corrected chi connectivity index (χ2v) is 14.8. The van der Waals surface area contributed by atoms with Crippen LogP contribution in [0.5, 0.6) is 0 Å². The van der Waals surface area contributed by atoms with Crippen LogP contribution in [0.3, 0.4) is 0 Å². The van der Waals surface area contributed by atoms with Gasteiger partial charge in [-0.1, -0.05) is 12.8 Å². The fourth-order valence-corrected chi connectivity index (χ4v) is 6.68. The summed E-state index contributed by atoms with van der Waals surface area (Å²) in [5.74, 6) is 0. The molecule has 0 aliphatic rings. The van der Waals surface area contributed by atoms with E-state index in [1.54, 1.807) is 0 Å². The smallest absolute Gasteiger partial charge is 0.776 e. The summed E-state index contributed by atoms with van der Waals surface area (Å²) in [6.45, 7) is 0.699. The number of aliphatic hydroxyl groups is 2. The van der Waals surface area contributed by atoms with Crippen LogP contribution in [0.4, 0.5) is 0 Å². The third-order valence-electron chi connectivity index (χ3n) is 4.27. The molecule has 0 aromatic carbocycles. The van der Waals surface area contributed by atoms with E-state index < -0.39 is 53.4 Å². The van der Waals surface area contributed by atoms with Crippen LogP contribution >= 0.6 is 30.4 Å². The van der Waals surface area contributed by atoms with Crippen molar-refractivity contribution in [2.24, 2.45) is 11.5 Å². The molecule has 0 spiro atoms. The molecule has 14 N–H and O–H groups in total. The third kappa shape index (κ3) is 15.7. The molecule has 204 valence electrons. The molecule has 4 atom stereocenters. The Balaban J connectivity index is -0.000000158. The van der Waals surface area contributed by atoms with E-state index >= 15 is 0 Å². The van der Waals surface area contributed by atoms with E-state index in [0.29, 0.717) is 38.8 Å². The Hall–Kier alpha value is 2.40. The Bertz CT molecular complexity index is 646. The molecule has 4 unspecified atom stereocenters. The molecule has 0 heterocycles. The summed E-state index contributed by atoms with van der Waals surface area (Å²) in [5.41, 5.74) is 10.3. The SMILES string of the molecule is NCCCCCC(O)(P(=O)([O-])O)P(=O)(O)O.NCCCCCC(O)(P(=O)([O-])O)P(=O)(O)O.O.[Na+].[Na+]. The van der Waals surface area contributed by atoms with Crippen LogP contribution in [-0.2, 0) is 18.3 Å². The standard InChI is InChI=1S/2C6H17NO7P2.2Na.H2O/c2*7-5-3-1-2-4-6(8,15(9,10)11)16(12,13)14;;;/h2*8H,1-5,7H2,(H2,9,10,11)(H2,12,13,14);;;1H2/q;;2*+1;/p-2. The summed E-state index contributed by atoms with van der Waals surface area (Å²) in [6.07, 6.45) is 0.482. The van der Waals surface area contributed by atoms with Crippen molar-refractivity contribution < 1.29 is 132 Å². The number of hydrogen-bond donors (Lipinski definition) is 10. The fraction of sp³-hybridized carbons (Fsp3) is 1.00. The summed E-state index contributed by atoms with van der Waals surface area (Å²) < 4.78 is 43.3. The summed E-state index contributed by atoms with van der Waals surface area (Å²) >= 11 is 0. The molecule has 0 rings (SSSR count). The van der Waals surface area contributed by atoms with Gasteiger partial charge in [-0.05, 0) is 51.6 Å². The van der Waals surface area contributed by atoms with Crippen molar-refractivity contribution >= 4 is 30.4 Å². The van der Waals surface area contributed by atoms with Gasteiger partial charge in [0.1, 0.15) is 0 Å². The molecule has 0 aliphatic carbocycles. The molecule has 0 fully saturated rings. The number of nitrogens with two attached hydrogens (primary N) is 2. The van der Waals surface area contributed by atoms with E-state index in [0.717, 1.165) is 0 Å². The molecule has 0 saturated carbocycles. The predicted molar refractivity (Wildman–Crippen MR) is 112 cm³/mol. The van der Waals surface area contributed by atoms with Gasteiger partial charge >= 0.3 is 74.3 Å². The molecule has 0 radical (unpaired) electrons. The van der Waals surface area contributed by atoms with Crippen molar-refractivity contribution in [3.05, 3.63) is 0 Å². The summed E-state index contributed by atoms with van der Waals surface area (Å²) in [6, 6.07) is 0. The van der Waals surface area contributed by atoms with Crippen molar-refractivity contribution in [2.45, 2.75) is 61.5 Å². The van der Waals surface area contributed by atoms with Gasteiger partial charge in [0.05, 0.1) is 0 Å². The van der Waals surface area contributed by atoms with Gasteiger partial charge in [-0.25, -0.2) is 0 Å². The van der Waals surface area contributed by atoms with Gasteiger partial charge in [0, 0.05) is 0 Å². The average molecular weight is 616 g/mol. The minimum atomic E-state index is -5.55. The topological polar surface area (TPSA) is 360 Å². The third-order valence-corrected chi connectivity index (χ3v) is 11.9. The first-order valence-electron chi connectivity index (χ1n) is 9.16. The zero-order chi connectivity index (χ0) is 26.1. The molecule has 23 heteroatoms. The van der Waals surface area contributed by atoms with Gasteiger partial charge < -0.3 is 75.4 Å². The first-order chi connectivity index (χ1) is 14.1. The molecule has 0 aromatic rings. The Morgan fingerprint density at radius 2 is 0.800 bits per heavy atom. The average Bonchev–Trinajstić information content (AvgIpc) is 2.58. The maximum Gasteiger partial charge on any atom is 1.00 e. The first-order valence-corrected chi connectivity index (χ1v) is 15.5. The van der Waals surface area contributed by atoms with Crippen molar-refractivity contribution in [1.82, 2.24) is 0 Å². The quantitative estimate of drug-likeness (QED) is 0.0492. The van der Waals surface area contributed by atoms with Gasteiger partial charge in [-0.3, -0.25) is 9.13 Å². The number of rotatable bonds is 14. The van der Waals surface area contributed by atoms with Crippen molar-refractivity contribution in [1.29, 1.82) is 0 Å². The summed E-state index contributed by atoms with van der Waals surface area (Å²) in [4.78, 5) is 73.8. The van der Waals surface area contributed by atoms with Gasteiger partial charge in [0.25, 0.3) is 0 Å². The van der Waals surface area contributed by atoms with Crippen LogP contribution in [0.2, 0.25) is 0 Å². The van der Waals surface area contributed by atoms with Gasteiger partial charge in [-0.15, -0.1) is 0 Å². The van der Waals surface area contributed by atoms with Gasteiger partial charge in [0.2, 0.25) is 10.2 Å². The first kappa shape index (κ1) is 47.2. The van der Waals surface area contributed by atoms with Crippen molar-refractivity contribution in [3.8, 4) is 0 Å². The monoisotopic (exact) mass is 616 g/mol. The molecule has 0 aromatic heterocycles. The summed E-state index contributed by atoms with van der Waals surface area (Å²) in [5, 5.41) is 11.9. The molecule has 35 heavy (non-hydrogen) atoms. The molecule has 0 aliphatic heterocycles. The van der Waals surface area contributed by atoms with Crippen LogP contribution in [0.15, 0.2) is 0 Å². The minimum absolute atomic E-state index is 0. The van der Waals surface area contributed by atoms with Crippen LogP contribution in [0, 0.1) is 0 Å². The summed E-state index contributed by atoms with van der Waals surface area (Å²) in [7, 11) is -21.8. The van der Waals surface area contributed by atoms with E-state index in [-0.39, 0.29) is 77.4 Å². The second kappa shape index (κ2) is 19.5. The number of unbranched alkanes of at least 4 members (excludes halogenated alkanes) is 4. The maximum absolute atomic E-state index is 10.9. The van der Waals surface area contributed by atoms with Gasteiger partial charge in [0.15, 0.2) is 15.2 Å². The molecular formula is C12H34N2Na2O15P4. The number of hydrogen-bond acceptors (Lipinski definition) is 10. The van der Waals surface area contributed by atoms with Crippen LogP contribution in [0.1, 0.15) is 51.4 Å². The molecule has 0 amide bonds. The van der Waals surface area contributed by atoms with Gasteiger partial charge in [-0.2, -0.15) is 0 Å².